The minimum absolute atomic E-state index is 0.301. The second-order valence-electron chi connectivity index (χ2n) is 6.30. The number of nitrogens with one attached hydrogen (secondary N) is 2. The minimum Gasteiger partial charge on any atom is -0.394 e. The zero-order chi connectivity index (χ0) is 18.6. The molecule has 1 amide bonds. The first kappa shape index (κ1) is 19.8. The van der Waals surface area contributed by atoms with Crippen LogP contribution in [0.2, 0.25) is 0 Å². The summed E-state index contributed by atoms with van der Waals surface area (Å²) in [6.45, 7) is 4.50. The molecule has 2 aliphatic heterocycles. The van der Waals surface area contributed by atoms with Gasteiger partial charge in [0, 0.05) is 32.0 Å². The van der Waals surface area contributed by atoms with E-state index in [1.165, 1.54) is 18.2 Å². The zero-order valence-electron chi connectivity index (χ0n) is 14.7. The second-order valence-corrected chi connectivity index (χ2v) is 6.30. The Morgan fingerprint density at radius 1 is 1.48 bits per heavy atom. The average Bonchev–Trinajstić information content (AvgIpc) is 2.88. The third kappa shape index (κ3) is 4.57. The van der Waals surface area contributed by atoms with Gasteiger partial charge in [0.2, 0.25) is 6.35 Å². The molecular weight excluding hydrogens is 330 g/mol. The molecule has 3 unspecified atom stereocenters. The van der Waals surface area contributed by atoms with Gasteiger partial charge in [0.15, 0.2) is 6.23 Å². The highest BCUT2D eigenvalue weighted by molar-refractivity contribution is 5.94. The van der Waals surface area contributed by atoms with Crippen molar-refractivity contribution in [3.8, 4) is 0 Å². The summed E-state index contributed by atoms with van der Waals surface area (Å²) in [7, 11) is 1.41. The highest BCUT2D eigenvalue weighted by atomic mass is 16.6. The first-order valence-electron chi connectivity index (χ1n) is 8.17. The summed E-state index contributed by atoms with van der Waals surface area (Å²) in [5.74, 6) is -0.389. The van der Waals surface area contributed by atoms with Gasteiger partial charge in [-0.3, -0.25) is 4.79 Å². The predicted octanol–water partition coefficient (Wildman–Crippen LogP) is -1.77. The number of amides is 1. The molecule has 142 valence electrons. The average molecular weight is 357 g/mol. The summed E-state index contributed by atoms with van der Waals surface area (Å²) < 4.78 is 10.8. The number of carbonyl (C=O) groups excluding carboxylic acids is 1. The number of allylic oxidation sites excluding steroid dienone is 1. The quantitative estimate of drug-likeness (QED) is 0.268. The molecular formula is C16H27N3O6. The molecule has 2 aliphatic rings. The molecule has 1 saturated heterocycles. The van der Waals surface area contributed by atoms with Crippen LogP contribution < -0.4 is 10.6 Å². The SMILES string of the molecule is COC1C(O)[C@@H](CO)O[C@H]1N1C=C(CNCC=C(C)C)C(=O)NC1O. The van der Waals surface area contributed by atoms with E-state index in [1.54, 1.807) is 0 Å². The number of ether oxygens (including phenoxy) is 2. The molecule has 0 aromatic rings. The number of methoxy groups -OCH3 is 1. The fourth-order valence-electron chi connectivity index (χ4n) is 2.78. The zero-order valence-corrected chi connectivity index (χ0v) is 14.7. The van der Waals surface area contributed by atoms with Gasteiger partial charge in [-0.15, -0.1) is 0 Å². The van der Waals surface area contributed by atoms with E-state index in [0.717, 1.165) is 5.57 Å². The Balaban J connectivity index is 2.12. The van der Waals surface area contributed by atoms with Crippen molar-refractivity contribution in [1.82, 2.24) is 15.5 Å². The van der Waals surface area contributed by atoms with Gasteiger partial charge < -0.3 is 40.3 Å². The Labute approximate surface area is 146 Å². The molecule has 2 heterocycles. The topological polar surface area (TPSA) is 124 Å². The standard InChI is InChI=1S/C16H27N3O6/c1-9(2)4-5-17-6-10-7-19(16(23)18-14(10)22)15-13(24-3)12(21)11(8-20)25-15/h4,7,11-13,15-17,20-21,23H,5-6,8H2,1-3H3,(H,18,22)/t11-,12?,13?,15-,16?/m1/s1. The van der Waals surface area contributed by atoms with Crippen LogP contribution in [0.3, 0.4) is 0 Å². The molecule has 9 heteroatoms. The van der Waals surface area contributed by atoms with Crippen LogP contribution in [0.25, 0.3) is 0 Å². The molecule has 0 aromatic carbocycles. The molecule has 5 N–H and O–H groups in total. The molecule has 0 spiro atoms. The van der Waals surface area contributed by atoms with Gasteiger partial charge >= 0.3 is 0 Å². The normalized spacial score (nSPS) is 32.4. The number of rotatable bonds is 7. The van der Waals surface area contributed by atoms with Crippen molar-refractivity contribution in [3.05, 3.63) is 23.4 Å². The number of hydrogen-bond acceptors (Lipinski definition) is 8. The van der Waals surface area contributed by atoms with E-state index in [4.69, 9.17) is 9.47 Å². The van der Waals surface area contributed by atoms with Gasteiger partial charge in [-0.1, -0.05) is 11.6 Å². The fourth-order valence-corrected chi connectivity index (χ4v) is 2.78. The lowest BCUT2D eigenvalue weighted by Gasteiger charge is -2.37. The van der Waals surface area contributed by atoms with E-state index in [-0.39, 0.29) is 12.5 Å². The van der Waals surface area contributed by atoms with Crippen LogP contribution in [0, 0.1) is 0 Å². The van der Waals surface area contributed by atoms with Gasteiger partial charge in [-0.25, -0.2) is 0 Å². The fraction of sp³-hybridized carbons (Fsp3) is 0.688. The summed E-state index contributed by atoms with van der Waals surface area (Å²) in [6, 6.07) is 0. The summed E-state index contributed by atoms with van der Waals surface area (Å²) in [5, 5.41) is 35.1. The van der Waals surface area contributed by atoms with E-state index in [0.29, 0.717) is 18.7 Å². The minimum atomic E-state index is -1.32. The number of hydrogen-bond donors (Lipinski definition) is 5. The number of aliphatic hydroxyl groups excluding tert-OH is 3. The Morgan fingerprint density at radius 3 is 2.80 bits per heavy atom. The van der Waals surface area contributed by atoms with Gasteiger partial charge in [0.25, 0.3) is 5.91 Å². The summed E-state index contributed by atoms with van der Waals surface area (Å²) >= 11 is 0. The Morgan fingerprint density at radius 2 is 2.20 bits per heavy atom. The number of nitrogens with zero attached hydrogens (tertiary/aromatic N) is 1. The molecule has 0 aromatic heterocycles. The molecule has 1 fully saturated rings. The predicted molar refractivity (Wildman–Crippen MR) is 88.9 cm³/mol. The van der Waals surface area contributed by atoms with Crippen molar-refractivity contribution in [2.75, 3.05) is 26.8 Å². The molecule has 0 aliphatic carbocycles. The van der Waals surface area contributed by atoms with E-state index < -0.39 is 30.9 Å². The third-order valence-electron chi connectivity index (χ3n) is 4.17. The number of carbonyl (C=O) groups is 1. The maximum absolute atomic E-state index is 12.0. The Kier molecular flexibility index (Phi) is 6.94. The summed E-state index contributed by atoms with van der Waals surface area (Å²) in [4.78, 5) is 13.4. The lowest BCUT2D eigenvalue weighted by molar-refractivity contribution is -0.157. The first-order chi connectivity index (χ1) is 11.9. The molecule has 9 nitrogen and oxygen atoms in total. The van der Waals surface area contributed by atoms with E-state index in [9.17, 15) is 20.1 Å². The van der Waals surface area contributed by atoms with Crippen molar-refractivity contribution < 1.29 is 29.6 Å². The molecule has 2 rings (SSSR count). The Bertz CT molecular complexity index is 534. The molecule has 5 atom stereocenters. The lowest BCUT2D eigenvalue weighted by Crippen LogP contribution is -2.57. The molecule has 0 bridgehead atoms. The highest BCUT2D eigenvalue weighted by Crippen LogP contribution is 2.28. The van der Waals surface area contributed by atoms with Crippen LogP contribution in [0.1, 0.15) is 13.8 Å². The van der Waals surface area contributed by atoms with E-state index >= 15 is 0 Å². The third-order valence-corrected chi connectivity index (χ3v) is 4.17. The van der Waals surface area contributed by atoms with Crippen molar-refractivity contribution in [3.63, 3.8) is 0 Å². The van der Waals surface area contributed by atoms with E-state index in [1.807, 2.05) is 19.9 Å². The molecule has 25 heavy (non-hydrogen) atoms. The van der Waals surface area contributed by atoms with Crippen LogP contribution >= 0.6 is 0 Å². The summed E-state index contributed by atoms with van der Waals surface area (Å²) in [6.07, 6.45) is -1.33. The smallest absolute Gasteiger partial charge is 0.253 e. The number of aliphatic hydroxyl groups is 3. The van der Waals surface area contributed by atoms with Gasteiger partial charge in [-0.05, 0) is 13.8 Å². The Hall–Kier alpha value is -1.49. The van der Waals surface area contributed by atoms with Crippen molar-refractivity contribution >= 4 is 5.91 Å². The van der Waals surface area contributed by atoms with Crippen molar-refractivity contribution in [2.24, 2.45) is 0 Å². The van der Waals surface area contributed by atoms with Gasteiger partial charge in [0.1, 0.15) is 18.3 Å². The highest BCUT2D eigenvalue weighted by Gasteiger charge is 2.48. The van der Waals surface area contributed by atoms with Crippen molar-refractivity contribution in [1.29, 1.82) is 0 Å². The molecule has 0 radical (unpaired) electrons. The van der Waals surface area contributed by atoms with Crippen LogP contribution in [0.4, 0.5) is 0 Å². The van der Waals surface area contributed by atoms with E-state index in [2.05, 4.69) is 10.6 Å². The molecule has 0 saturated carbocycles. The lowest BCUT2D eigenvalue weighted by atomic mass is 10.1. The van der Waals surface area contributed by atoms with Crippen LogP contribution in [0.15, 0.2) is 23.4 Å². The largest absolute Gasteiger partial charge is 0.394 e. The van der Waals surface area contributed by atoms with Crippen LogP contribution in [0.5, 0.6) is 0 Å². The van der Waals surface area contributed by atoms with Gasteiger partial charge in [-0.2, -0.15) is 0 Å². The summed E-state index contributed by atoms with van der Waals surface area (Å²) in [5.41, 5.74) is 1.57. The first-order valence-corrected chi connectivity index (χ1v) is 8.17. The maximum Gasteiger partial charge on any atom is 0.253 e. The van der Waals surface area contributed by atoms with Crippen LogP contribution in [-0.2, 0) is 14.3 Å². The van der Waals surface area contributed by atoms with Gasteiger partial charge in [0.05, 0.1) is 6.61 Å². The second kappa shape index (κ2) is 8.75. The monoisotopic (exact) mass is 357 g/mol. The maximum atomic E-state index is 12.0. The van der Waals surface area contributed by atoms with Crippen LogP contribution in [-0.4, -0.2) is 83.8 Å². The van der Waals surface area contributed by atoms with Crippen molar-refractivity contribution in [2.45, 2.75) is 44.7 Å².